The highest BCUT2D eigenvalue weighted by Crippen LogP contribution is 2.55. The fourth-order valence-electron chi connectivity index (χ4n) is 1.01. The average molecular weight is 398 g/mol. The van der Waals surface area contributed by atoms with E-state index in [-0.39, 0.29) is 0 Å². The molecule has 4 N–H and O–H groups in total. The van der Waals surface area contributed by atoms with E-state index in [2.05, 4.69) is 5.09 Å². The Morgan fingerprint density at radius 2 is 1.83 bits per heavy atom. The number of hydrogen-bond acceptors (Lipinski definition) is 7. The van der Waals surface area contributed by atoms with Crippen LogP contribution in [0.25, 0.3) is 0 Å². The second kappa shape index (κ2) is 12.5. The zero-order valence-electron chi connectivity index (χ0n) is 13.5. The molecule has 0 bridgehead atoms. The van der Waals surface area contributed by atoms with Crippen molar-refractivity contribution in [2.75, 3.05) is 25.5 Å². The molecule has 144 valence electrons. The van der Waals surface area contributed by atoms with E-state index >= 15 is 0 Å². The molecular formula is C11H22F3N2O6PS. The smallest absolute Gasteiger partial charge is 0.475 e. The summed E-state index contributed by atoms with van der Waals surface area (Å²) >= 11 is 1.10. The summed E-state index contributed by atoms with van der Waals surface area (Å²) < 4.78 is 54.0. The number of carbonyl (C=O) groups excluding carboxylic acids is 1. The number of aliphatic carboxylic acids is 1. The van der Waals surface area contributed by atoms with Crippen LogP contribution in [0.4, 0.5) is 13.2 Å². The molecular weight excluding hydrogens is 376 g/mol. The monoisotopic (exact) mass is 398 g/mol. The number of carbonyl (C=O) groups is 2. The first kappa shape index (κ1) is 25.4. The van der Waals surface area contributed by atoms with Gasteiger partial charge in [0.15, 0.2) is 0 Å². The lowest BCUT2D eigenvalue weighted by Crippen LogP contribution is -2.33. The minimum atomic E-state index is -5.08. The topological polar surface area (TPSA) is 128 Å². The third-order valence-electron chi connectivity index (χ3n) is 1.91. The molecule has 2 atom stereocenters. The van der Waals surface area contributed by atoms with Gasteiger partial charge in [-0.15, -0.1) is 0 Å². The number of nitrogens with one attached hydrogen (secondary N) is 1. The highest BCUT2D eigenvalue weighted by molar-refractivity contribution is 8.56. The summed E-state index contributed by atoms with van der Waals surface area (Å²) in [6.07, 6.45) is -5.08. The van der Waals surface area contributed by atoms with Gasteiger partial charge < -0.3 is 20.1 Å². The van der Waals surface area contributed by atoms with E-state index in [4.69, 9.17) is 24.9 Å². The van der Waals surface area contributed by atoms with Crippen LogP contribution in [-0.4, -0.2) is 54.8 Å². The Balaban J connectivity index is 0. The zero-order chi connectivity index (χ0) is 19.4. The van der Waals surface area contributed by atoms with Crippen molar-refractivity contribution in [3.63, 3.8) is 0 Å². The molecule has 0 aliphatic heterocycles. The highest BCUT2D eigenvalue weighted by atomic mass is 32.7. The van der Waals surface area contributed by atoms with Crippen molar-refractivity contribution in [1.82, 2.24) is 5.09 Å². The molecule has 0 aliphatic carbocycles. The van der Waals surface area contributed by atoms with E-state index in [1.165, 1.54) is 0 Å². The van der Waals surface area contributed by atoms with E-state index in [1.54, 1.807) is 20.8 Å². The first-order valence-electron chi connectivity index (χ1n) is 6.77. The van der Waals surface area contributed by atoms with Gasteiger partial charge >= 0.3 is 24.8 Å². The molecule has 24 heavy (non-hydrogen) atoms. The van der Waals surface area contributed by atoms with Crippen LogP contribution in [0, 0.1) is 0 Å². The number of alkyl halides is 3. The molecule has 1 unspecified atom stereocenters. The van der Waals surface area contributed by atoms with E-state index in [0.29, 0.717) is 25.5 Å². The zero-order valence-corrected chi connectivity index (χ0v) is 15.2. The largest absolute Gasteiger partial charge is 0.490 e. The molecule has 0 saturated heterocycles. The third kappa shape index (κ3) is 12.6. The Morgan fingerprint density at radius 1 is 1.33 bits per heavy atom. The Kier molecular flexibility index (Phi) is 13.3. The third-order valence-corrected chi connectivity index (χ3v) is 6.17. The fraction of sp³-hybridized carbons (Fsp3) is 0.818. The number of halogens is 3. The lowest BCUT2D eigenvalue weighted by atomic mass is 10.4. The molecule has 0 spiro atoms. The molecule has 0 aromatic heterocycles. The van der Waals surface area contributed by atoms with Crippen molar-refractivity contribution in [3.05, 3.63) is 0 Å². The van der Waals surface area contributed by atoms with E-state index in [0.717, 1.165) is 11.4 Å². The molecule has 13 heteroatoms. The van der Waals surface area contributed by atoms with Crippen LogP contribution in [0.5, 0.6) is 0 Å². The maximum absolute atomic E-state index is 12.3. The highest BCUT2D eigenvalue weighted by Gasteiger charge is 2.38. The van der Waals surface area contributed by atoms with E-state index < -0.39 is 30.9 Å². The maximum Gasteiger partial charge on any atom is 0.490 e. The Bertz CT molecular complexity index is 438. The van der Waals surface area contributed by atoms with Gasteiger partial charge in [-0.25, -0.2) is 9.88 Å². The summed E-state index contributed by atoms with van der Waals surface area (Å²) in [5.41, 5.74) is 5.35. The van der Waals surface area contributed by atoms with Gasteiger partial charge in [-0.3, -0.25) is 9.36 Å². The van der Waals surface area contributed by atoms with Crippen LogP contribution in [0.1, 0.15) is 20.8 Å². The summed E-state index contributed by atoms with van der Waals surface area (Å²) in [6.45, 7) is 2.96. The SMILES string of the molecule is CCOC(=O)[C@H](C)NP(=O)(OCC)SCCN.O=C(O)C(F)(F)F. The van der Waals surface area contributed by atoms with Crippen LogP contribution < -0.4 is 10.8 Å². The lowest BCUT2D eigenvalue weighted by Gasteiger charge is -2.21. The molecule has 0 radical (unpaired) electrons. The fourth-order valence-corrected chi connectivity index (χ4v) is 4.78. The molecule has 0 aromatic rings. The van der Waals surface area contributed by atoms with E-state index in [1.807, 2.05) is 0 Å². The first-order valence-corrected chi connectivity index (χ1v) is 9.98. The number of esters is 1. The normalized spacial score (nSPS) is 14.8. The molecule has 0 aromatic carbocycles. The minimum Gasteiger partial charge on any atom is -0.475 e. The van der Waals surface area contributed by atoms with Gasteiger partial charge in [0, 0.05) is 12.3 Å². The molecule has 0 aliphatic rings. The lowest BCUT2D eigenvalue weighted by molar-refractivity contribution is -0.192. The van der Waals surface area contributed by atoms with Gasteiger partial charge in [0.25, 0.3) is 0 Å². The summed E-state index contributed by atoms with van der Waals surface area (Å²) in [5, 5.41) is 9.80. The first-order chi connectivity index (χ1) is 10.9. The van der Waals surface area contributed by atoms with Gasteiger partial charge in [0.1, 0.15) is 6.04 Å². The van der Waals surface area contributed by atoms with Gasteiger partial charge in [0.05, 0.1) is 13.2 Å². The Labute approximate surface area is 141 Å². The van der Waals surface area contributed by atoms with Crippen molar-refractivity contribution in [3.8, 4) is 0 Å². The standard InChI is InChI=1S/C9H21N2O4PS.C2HF3O2/c1-4-14-9(12)8(3)11-16(13,15-5-2)17-7-6-10;3-2(4,5)1(6)7/h8H,4-7,10H2,1-3H3,(H,11,13);(H,6,7)/t8-,16?;/m0./s1. The molecule has 0 fully saturated rings. The Hall–Kier alpha value is -0.810. The molecule has 0 heterocycles. The number of carboxylic acids is 1. The number of carboxylic acid groups (broad SMARTS) is 1. The average Bonchev–Trinajstić information content (AvgIpc) is 2.45. The summed E-state index contributed by atoms with van der Waals surface area (Å²) in [7, 11) is 0. The predicted molar refractivity (Wildman–Crippen MR) is 83.7 cm³/mol. The number of hydrogen-bond donors (Lipinski definition) is 3. The second-order valence-electron chi connectivity index (χ2n) is 3.94. The van der Waals surface area contributed by atoms with Crippen molar-refractivity contribution in [2.24, 2.45) is 5.73 Å². The maximum atomic E-state index is 12.3. The molecule has 0 rings (SSSR count). The van der Waals surface area contributed by atoms with Crippen LogP contribution in [0.2, 0.25) is 0 Å². The molecule has 8 nitrogen and oxygen atoms in total. The summed E-state index contributed by atoms with van der Waals surface area (Å²) in [4.78, 5) is 20.3. The van der Waals surface area contributed by atoms with Crippen molar-refractivity contribution in [1.29, 1.82) is 0 Å². The minimum absolute atomic E-state index is 0.291. The van der Waals surface area contributed by atoms with Gasteiger partial charge in [-0.1, -0.05) is 11.4 Å². The number of ether oxygens (including phenoxy) is 1. The second-order valence-corrected chi connectivity index (χ2v) is 8.34. The summed E-state index contributed by atoms with van der Waals surface area (Å²) in [5.74, 6) is -2.70. The Morgan fingerprint density at radius 3 is 2.17 bits per heavy atom. The quantitative estimate of drug-likeness (QED) is 0.394. The van der Waals surface area contributed by atoms with Crippen LogP contribution in [0.3, 0.4) is 0 Å². The molecule has 0 saturated carbocycles. The van der Waals surface area contributed by atoms with Gasteiger partial charge in [-0.05, 0) is 20.8 Å². The number of nitrogens with two attached hydrogens (primary N) is 1. The predicted octanol–water partition coefficient (Wildman–Crippen LogP) is 2.00. The van der Waals surface area contributed by atoms with Gasteiger partial charge in [-0.2, -0.15) is 13.2 Å². The molecule has 0 amide bonds. The van der Waals surface area contributed by atoms with Crippen LogP contribution in [-0.2, 0) is 23.4 Å². The van der Waals surface area contributed by atoms with Crippen LogP contribution >= 0.6 is 18.1 Å². The van der Waals surface area contributed by atoms with E-state index in [9.17, 15) is 22.5 Å². The van der Waals surface area contributed by atoms with Crippen molar-refractivity contribution < 1.29 is 41.7 Å². The van der Waals surface area contributed by atoms with Gasteiger partial charge in [0.2, 0.25) is 0 Å². The van der Waals surface area contributed by atoms with Crippen molar-refractivity contribution in [2.45, 2.75) is 33.0 Å². The van der Waals surface area contributed by atoms with Crippen LogP contribution in [0.15, 0.2) is 0 Å². The van der Waals surface area contributed by atoms with Crippen molar-refractivity contribution >= 4 is 30.0 Å². The summed E-state index contributed by atoms with van der Waals surface area (Å²) in [6, 6.07) is -0.669. The number of rotatable bonds is 9.